The van der Waals surface area contributed by atoms with Gasteiger partial charge in [0.2, 0.25) is 11.8 Å². The van der Waals surface area contributed by atoms with Gasteiger partial charge in [-0.3, -0.25) is 19.3 Å². The maximum atomic E-state index is 13.8. The van der Waals surface area contributed by atoms with Gasteiger partial charge in [0.05, 0.1) is 12.1 Å². The van der Waals surface area contributed by atoms with Crippen molar-refractivity contribution in [2.24, 2.45) is 11.8 Å². The third kappa shape index (κ3) is 10.7. The fourth-order valence-corrected chi connectivity index (χ4v) is 6.74. The molecule has 47 heavy (non-hydrogen) atoms. The van der Waals surface area contributed by atoms with Crippen LogP contribution in [0.1, 0.15) is 87.5 Å². The zero-order chi connectivity index (χ0) is 34.8. The number of aliphatic hydroxyl groups excluding tert-OH is 1. The summed E-state index contributed by atoms with van der Waals surface area (Å²) in [6, 6.07) is 7.52. The molecular weight excluding hydrogens is 618 g/mol. The van der Waals surface area contributed by atoms with Crippen LogP contribution < -0.4 is 10.6 Å². The predicted molar refractivity (Wildman–Crippen MR) is 183 cm³/mol. The quantitative estimate of drug-likeness (QED) is 0.208. The average Bonchev–Trinajstić information content (AvgIpc) is 3.53. The van der Waals surface area contributed by atoms with Crippen LogP contribution in [0.3, 0.4) is 0 Å². The molecule has 3 rings (SSSR count). The van der Waals surface area contributed by atoms with Crippen molar-refractivity contribution in [1.29, 1.82) is 0 Å². The second-order valence-corrected chi connectivity index (χ2v) is 14.1. The second kappa shape index (κ2) is 17.5. The number of nitrogens with zero attached hydrogens (tertiary/aromatic N) is 3. The summed E-state index contributed by atoms with van der Waals surface area (Å²) in [4.78, 5) is 59.7. The maximum absolute atomic E-state index is 13.8. The van der Waals surface area contributed by atoms with Gasteiger partial charge in [0, 0.05) is 30.5 Å². The van der Waals surface area contributed by atoms with E-state index in [1.54, 1.807) is 17.3 Å². The molecular formula is C35H51N5O6S. The lowest BCUT2D eigenvalue weighted by Crippen LogP contribution is -2.57. The maximum Gasteiger partial charge on any atom is 0.331 e. The number of likely N-dealkylation sites (N-methyl/N-ethyl adjacent to an activating group) is 2. The van der Waals surface area contributed by atoms with Crippen molar-refractivity contribution in [1.82, 2.24) is 25.4 Å². The molecule has 0 aliphatic carbocycles. The lowest BCUT2D eigenvalue weighted by molar-refractivity contribution is -0.141. The Morgan fingerprint density at radius 2 is 1.77 bits per heavy atom. The molecule has 1 aliphatic rings. The van der Waals surface area contributed by atoms with E-state index in [0.29, 0.717) is 11.4 Å². The molecule has 1 aromatic heterocycles. The monoisotopic (exact) mass is 669 g/mol. The van der Waals surface area contributed by atoms with E-state index in [0.717, 1.165) is 42.7 Å². The highest BCUT2D eigenvalue weighted by atomic mass is 32.1. The highest BCUT2D eigenvalue weighted by molar-refractivity contribution is 7.09. The Morgan fingerprint density at radius 3 is 2.36 bits per heavy atom. The van der Waals surface area contributed by atoms with Crippen LogP contribution in [0.15, 0.2) is 47.4 Å². The third-order valence-electron chi connectivity index (χ3n) is 8.83. The van der Waals surface area contributed by atoms with Crippen molar-refractivity contribution in [3.8, 4) is 0 Å². The number of thiazole rings is 1. The number of amides is 3. The van der Waals surface area contributed by atoms with Gasteiger partial charge >= 0.3 is 5.97 Å². The zero-order valence-corrected chi connectivity index (χ0v) is 29.4. The number of aliphatic hydroxyl groups is 1. The number of benzene rings is 1. The number of rotatable bonds is 15. The number of aromatic nitrogens is 1. The van der Waals surface area contributed by atoms with Crippen LogP contribution in [0.2, 0.25) is 0 Å². The van der Waals surface area contributed by atoms with Crippen molar-refractivity contribution >= 4 is 35.0 Å². The molecule has 0 saturated carbocycles. The number of hydrogen-bond donors (Lipinski definition) is 4. The van der Waals surface area contributed by atoms with Gasteiger partial charge in [-0.25, -0.2) is 9.78 Å². The minimum atomic E-state index is -1.07. The highest BCUT2D eigenvalue weighted by Gasteiger charge is 2.36. The number of carboxylic acids is 1. The number of piperidine rings is 1. The van der Waals surface area contributed by atoms with Crippen molar-refractivity contribution in [2.45, 2.75) is 97.0 Å². The molecule has 12 heteroatoms. The summed E-state index contributed by atoms with van der Waals surface area (Å²) in [5.41, 5.74) is 1.16. The summed E-state index contributed by atoms with van der Waals surface area (Å²) in [6.45, 7) is 10.1. The Morgan fingerprint density at radius 1 is 1.09 bits per heavy atom. The normalized spacial score (nSPS) is 18.3. The first-order valence-electron chi connectivity index (χ1n) is 16.4. The number of hydrogen-bond acceptors (Lipinski definition) is 8. The van der Waals surface area contributed by atoms with E-state index in [1.165, 1.54) is 13.0 Å². The Kier molecular flexibility index (Phi) is 14.1. The van der Waals surface area contributed by atoms with E-state index < -0.39 is 30.1 Å². The van der Waals surface area contributed by atoms with Gasteiger partial charge in [-0.1, -0.05) is 70.5 Å². The summed E-state index contributed by atoms with van der Waals surface area (Å²) in [5, 5.41) is 28.4. The van der Waals surface area contributed by atoms with E-state index >= 15 is 0 Å². The van der Waals surface area contributed by atoms with Crippen LogP contribution in [0.5, 0.6) is 0 Å². The van der Waals surface area contributed by atoms with Crippen LogP contribution in [0, 0.1) is 11.8 Å². The summed E-state index contributed by atoms with van der Waals surface area (Å²) in [6.07, 6.45) is 3.84. The molecule has 5 atom stereocenters. The highest BCUT2D eigenvalue weighted by Crippen LogP contribution is 2.28. The molecule has 2 heterocycles. The van der Waals surface area contributed by atoms with Crippen LogP contribution >= 0.6 is 11.3 Å². The number of nitrogens with one attached hydrogen (secondary N) is 2. The fourth-order valence-electron chi connectivity index (χ4n) is 5.94. The molecule has 3 amide bonds. The molecule has 1 aromatic carbocycles. The van der Waals surface area contributed by atoms with Gasteiger partial charge < -0.3 is 25.7 Å². The van der Waals surface area contributed by atoms with E-state index in [-0.39, 0.29) is 53.4 Å². The first kappa shape index (κ1) is 37.8. The second-order valence-electron chi connectivity index (χ2n) is 13.2. The smallest absolute Gasteiger partial charge is 0.331 e. The molecule has 1 unspecified atom stereocenters. The summed E-state index contributed by atoms with van der Waals surface area (Å²) in [5.74, 6) is -2.06. The van der Waals surface area contributed by atoms with Crippen LogP contribution in [-0.4, -0.2) is 93.5 Å². The molecule has 0 spiro atoms. The van der Waals surface area contributed by atoms with E-state index in [9.17, 15) is 29.4 Å². The Hall–Kier alpha value is -3.61. The van der Waals surface area contributed by atoms with Crippen molar-refractivity contribution < 1.29 is 29.4 Å². The van der Waals surface area contributed by atoms with Crippen LogP contribution in [-0.2, 0) is 20.8 Å². The van der Waals surface area contributed by atoms with E-state index in [4.69, 9.17) is 0 Å². The number of carboxylic acid groups (broad SMARTS) is 1. The SMILES string of the molecule is C/C(=C\C(Cc1ccccc1)NC(=O)c1csc([C@@H](O)C[C@H](C(C)C)N(C)C(=O)[C@@H](NC(=O)[C@H]2CCCCN2C)C(C)C)n1)C(=O)O. The van der Waals surface area contributed by atoms with E-state index in [1.807, 2.05) is 70.0 Å². The molecule has 258 valence electrons. The molecule has 1 fully saturated rings. The molecule has 0 bridgehead atoms. The lowest BCUT2D eigenvalue weighted by Gasteiger charge is -2.37. The standard InChI is InChI=1S/C35H51N5O6S/c1-21(2)28(40(7)34(44)30(22(3)4)38-32(43)27-15-11-12-16-39(27)6)19-29(41)33-37-26(20-47-33)31(42)36-25(17-23(5)35(45)46)18-24-13-9-8-10-14-24/h8-10,13-14,17,20-22,25,27-30,41H,11-12,15-16,18-19H2,1-7H3,(H,36,42)(H,38,43)(H,45,46)/b23-17+/t25?,27-,28-,29+,30+/m1/s1. The van der Waals surface area contributed by atoms with Crippen LogP contribution in [0.25, 0.3) is 0 Å². The number of likely N-dealkylation sites (tertiary alicyclic amines) is 1. The Labute approximate surface area is 282 Å². The molecule has 11 nitrogen and oxygen atoms in total. The molecule has 2 aromatic rings. The van der Waals surface area contributed by atoms with Gasteiger partial charge in [0.25, 0.3) is 5.91 Å². The number of aliphatic carboxylic acids is 1. The fraction of sp³-hybridized carbons (Fsp3) is 0.571. The van der Waals surface area contributed by atoms with Gasteiger partial charge in [0.15, 0.2) is 0 Å². The first-order chi connectivity index (χ1) is 22.2. The molecule has 0 radical (unpaired) electrons. The summed E-state index contributed by atoms with van der Waals surface area (Å²) in [7, 11) is 3.64. The molecule has 1 aliphatic heterocycles. The molecule has 4 N–H and O–H groups in total. The Balaban J connectivity index is 1.70. The van der Waals surface area contributed by atoms with E-state index in [2.05, 4.69) is 15.6 Å². The van der Waals surface area contributed by atoms with Crippen molar-refractivity contribution in [3.63, 3.8) is 0 Å². The predicted octanol–water partition coefficient (Wildman–Crippen LogP) is 4.05. The first-order valence-corrected chi connectivity index (χ1v) is 17.2. The van der Waals surface area contributed by atoms with Gasteiger partial charge in [-0.05, 0) is 57.2 Å². The largest absolute Gasteiger partial charge is 0.478 e. The van der Waals surface area contributed by atoms with Crippen molar-refractivity contribution in [2.75, 3.05) is 20.6 Å². The van der Waals surface area contributed by atoms with Gasteiger partial charge in [-0.15, -0.1) is 11.3 Å². The third-order valence-corrected chi connectivity index (χ3v) is 9.77. The van der Waals surface area contributed by atoms with Gasteiger partial charge in [-0.2, -0.15) is 0 Å². The number of carbonyl (C=O) groups excluding carboxylic acids is 3. The topological polar surface area (TPSA) is 152 Å². The number of carbonyl (C=O) groups is 4. The van der Waals surface area contributed by atoms with Gasteiger partial charge in [0.1, 0.15) is 22.8 Å². The van der Waals surface area contributed by atoms with Crippen LogP contribution in [0.4, 0.5) is 0 Å². The minimum absolute atomic E-state index is 0.0164. The average molecular weight is 670 g/mol. The summed E-state index contributed by atoms with van der Waals surface area (Å²) < 4.78 is 0. The lowest BCUT2D eigenvalue weighted by atomic mass is 9.94. The summed E-state index contributed by atoms with van der Waals surface area (Å²) >= 11 is 1.15. The molecule has 1 saturated heterocycles. The minimum Gasteiger partial charge on any atom is -0.478 e. The van der Waals surface area contributed by atoms with Crippen molar-refractivity contribution in [3.05, 3.63) is 63.6 Å². The zero-order valence-electron chi connectivity index (χ0n) is 28.6. The Bertz CT molecular complexity index is 1390.